The van der Waals surface area contributed by atoms with Gasteiger partial charge in [-0.25, -0.2) is 0 Å². The van der Waals surface area contributed by atoms with Crippen LogP contribution in [0.4, 0.5) is 0 Å². The summed E-state index contributed by atoms with van der Waals surface area (Å²) in [4.78, 5) is 22.7. The van der Waals surface area contributed by atoms with Gasteiger partial charge in [0.25, 0.3) is 0 Å². The monoisotopic (exact) mass is 299 g/mol. The Morgan fingerprint density at radius 2 is 1.75 bits per heavy atom. The Balaban J connectivity index is 0.00000361. The van der Waals surface area contributed by atoms with E-state index in [1.807, 2.05) is 30.3 Å². The van der Waals surface area contributed by atoms with E-state index < -0.39 is 0 Å². The zero-order valence-corrected chi connectivity index (χ0v) is 12.2. The van der Waals surface area contributed by atoms with Gasteiger partial charge in [0.05, 0.1) is 6.54 Å². The van der Waals surface area contributed by atoms with E-state index in [1.54, 1.807) is 0 Å². The van der Waals surface area contributed by atoms with Crippen LogP contribution in [-0.4, -0.2) is 31.4 Å². The molecule has 1 rings (SSSR count). The molecule has 2 amide bonds. The maximum Gasteiger partial charge on any atom is 0.239 e. The highest BCUT2D eigenvalue weighted by Crippen LogP contribution is 1.97. The highest BCUT2D eigenvalue weighted by molar-refractivity contribution is 5.85. The third-order valence-corrected chi connectivity index (χ3v) is 2.63. The number of nitrogens with two attached hydrogens (primary N) is 1. The maximum absolute atomic E-state index is 11.5. The van der Waals surface area contributed by atoms with Gasteiger partial charge in [0.1, 0.15) is 0 Å². The van der Waals surface area contributed by atoms with Gasteiger partial charge in [-0.05, 0) is 24.9 Å². The van der Waals surface area contributed by atoms with Gasteiger partial charge in [0.15, 0.2) is 0 Å². The van der Waals surface area contributed by atoms with E-state index in [0.717, 1.165) is 6.42 Å². The number of benzene rings is 1. The van der Waals surface area contributed by atoms with Crippen molar-refractivity contribution in [3.05, 3.63) is 35.9 Å². The van der Waals surface area contributed by atoms with Crippen molar-refractivity contribution in [2.75, 3.05) is 19.6 Å². The zero-order valence-electron chi connectivity index (χ0n) is 11.4. The molecular weight excluding hydrogens is 278 g/mol. The molecule has 112 valence electrons. The van der Waals surface area contributed by atoms with Gasteiger partial charge in [-0.3, -0.25) is 9.59 Å². The fourth-order valence-corrected chi connectivity index (χ4v) is 1.58. The van der Waals surface area contributed by atoms with E-state index in [9.17, 15) is 9.59 Å². The van der Waals surface area contributed by atoms with Crippen LogP contribution in [0.25, 0.3) is 0 Å². The lowest BCUT2D eigenvalue weighted by atomic mass is 10.1. The zero-order chi connectivity index (χ0) is 13.9. The van der Waals surface area contributed by atoms with Gasteiger partial charge >= 0.3 is 0 Å². The quantitative estimate of drug-likeness (QED) is 0.658. The maximum atomic E-state index is 11.5. The van der Waals surface area contributed by atoms with Crippen LogP contribution in [0.3, 0.4) is 0 Å². The summed E-state index contributed by atoms with van der Waals surface area (Å²) in [6.07, 6.45) is 1.79. The fraction of sp³-hybridized carbons (Fsp3) is 0.429. The van der Waals surface area contributed by atoms with E-state index >= 15 is 0 Å². The van der Waals surface area contributed by atoms with Crippen LogP contribution in [-0.2, 0) is 16.0 Å². The second-order valence-corrected chi connectivity index (χ2v) is 4.25. The molecule has 0 spiro atoms. The largest absolute Gasteiger partial charge is 0.354 e. The van der Waals surface area contributed by atoms with Crippen LogP contribution < -0.4 is 16.4 Å². The number of amides is 2. The molecule has 6 heteroatoms. The van der Waals surface area contributed by atoms with Crippen molar-refractivity contribution in [1.29, 1.82) is 0 Å². The third kappa shape index (κ3) is 8.50. The summed E-state index contributed by atoms with van der Waals surface area (Å²) in [5.74, 6) is -0.305. The van der Waals surface area contributed by atoms with Crippen LogP contribution in [0, 0.1) is 0 Å². The molecule has 0 fully saturated rings. The Morgan fingerprint density at radius 1 is 1.05 bits per heavy atom. The van der Waals surface area contributed by atoms with E-state index in [0.29, 0.717) is 25.9 Å². The predicted molar refractivity (Wildman–Crippen MR) is 81.7 cm³/mol. The van der Waals surface area contributed by atoms with Gasteiger partial charge < -0.3 is 16.4 Å². The number of carbonyl (C=O) groups is 2. The molecule has 0 bridgehead atoms. The minimum atomic E-state index is -0.169. The van der Waals surface area contributed by atoms with Crippen molar-refractivity contribution in [2.24, 2.45) is 5.73 Å². The van der Waals surface area contributed by atoms with Crippen molar-refractivity contribution >= 4 is 24.2 Å². The molecule has 20 heavy (non-hydrogen) atoms. The molecule has 1 aromatic carbocycles. The minimum Gasteiger partial charge on any atom is -0.354 e. The average Bonchev–Trinajstić information content (AvgIpc) is 2.44. The normalized spacial score (nSPS) is 9.45. The summed E-state index contributed by atoms with van der Waals surface area (Å²) in [5.41, 5.74) is 6.47. The first kappa shape index (κ1) is 18.4. The van der Waals surface area contributed by atoms with Crippen molar-refractivity contribution in [1.82, 2.24) is 10.6 Å². The number of carbonyl (C=O) groups excluding carboxylic acids is 2. The SMILES string of the molecule is Cl.NCCCC(=O)NCC(=O)NCCc1ccccc1. The number of nitrogens with one attached hydrogen (secondary N) is 2. The Kier molecular flexibility index (Phi) is 10.4. The molecule has 5 nitrogen and oxygen atoms in total. The van der Waals surface area contributed by atoms with Crippen LogP contribution in [0.15, 0.2) is 30.3 Å². The van der Waals surface area contributed by atoms with Crippen molar-refractivity contribution < 1.29 is 9.59 Å². The first-order chi connectivity index (χ1) is 9.22. The molecule has 0 aromatic heterocycles. The van der Waals surface area contributed by atoms with Crippen molar-refractivity contribution in [3.8, 4) is 0 Å². The molecular formula is C14H22ClN3O2. The summed E-state index contributed by atoms with van der Waals surface area (Å²) in [6.45, 7) is 1.08. The van der Waals surface area contributed by atoms with Crippen LogP contribution in [0.1, 0.15) is 18.4 Å². The Morgan fingerprint density at radius 3 is 2.40 bits per heavy atom. The van der Waals surface area contributed by atoms with Crippen LogP contribution in [0.2, 0.25) is 0 Å². The molecule has 0 aliphatic carbocycles. The van der Waals surface area contributed by atoms with Gasteiger partial charge in [-0.2, -0.15) is 0 Å². The minimum absolute atomic E-state index is 0. The second kappa shape index (κ2) is 11.3. The molecule has 4 N–H and O–H groups in total. The summed E-state index contributed by atoms with van der Waals surface area (Å²) in [7, 11) is 0. The van der Waals surface area contributed by atoms with Gasteiger partial charge in [-0.1, -0.05) is 30.3 Å². The Bertz CT molecular complexity index is 399. The molecule has 1 aromatic rings. The Hall–Kier alpha value is -1.59. The molecule has 0 saturated heterocycles. The van der Waals surface area contributed by atoms with Gasteiger partial charge in [-0.15, -0.1) is 12.4 Å². The Labute approximate surface area is 125 Å². The smallest absolute Gasteiger partial charge is 0.239 e. The third-order valence-electron chi connectivity index (χ3n) is 2.63. The number of hydrogen-bond acceptors (Lipinski definition) is 3. The van der Waals surface area contributed by atoms with Crippen molar-refractivity contribution in [2.45, 2.75) is 19.3 Å². The molecule has 0 aliphatic heterocycles. The lowest BCUT2D eigenvalue weighted by Crippen LogP contribution is -2.37. The van der Waals surface area contributed by atoms with Crippen molar-refractivity contribution in [3.63, 3.8) is 0 Å². The lowest BCUT2D eigenvalue weighted by Gasteiger charge is -2.06. The van der Waals surface area contributed by atoms with Crippen LogP contribution >= 0.6 is 12.4 Å². The van der Waals surface area contributed by atoms with E-state index in [2.05, 4.69) is 10.6 Å². The first-order valence-corrected chi connectivity index (χ1v) is 6.49. The number of rotatable bonds is 8. The van der Waals surface area contributed by atoms with E-state index in [1.165, 1.54) is 5.56 Å². The summed E-state index contributed by atoms with van der Waals surface area (Å²) >= 11 is 0. The highest BCUT2D eigenvalue weighted by Gasteiger charge is 2.04. The summed E-state index contributed by atoms with van der Waals surface area (Å²) in [6, 6.07) is 9.92. The predicted octanol–water partition coefficient (Wildman–Crippen LogP) is 0.622. The molecule has 0 aliphatic rings. The summed E-state index contributed by atoms with van der Waals surface area (Å²) < 4.78 is 0. The van der Waals surface area contributed by atoms with Crippen LogP contribution in [0.5, 0.6) is 0 Å². The molecule has 0 unspecified atom stereocenters. The van der Waals surface area contributed by atoms with Gasteiger partial charge in [0, 0.05) is 13.0 Å². The van der Waals surface area contributed by atoms with E-state index in [4.69, 9.17) is 5.73 Å². The number of halogens is 1. The first-order valence-electron chi connectivity index (χ1n) is 6.49. The highest BCUT2D eigenvalue weighted by atomic mass is 35.5. The number of hydrogen-bond donors (Lipinski definition) is 3. The second-order valence-electron chi connectivity index (χ2n) is 4.25. The fourth-order valence-electron chi connectivity index (χ4n) is 1.58. The van der Waals surface area contributed by atoms with E-state index in [-0.39, 0.29) is 30.8 Å². The molecule has 0 radical (unpaired) electrons. The lowest BCUT2D eigenvalue weighted by molar-refractivity contribution is -0.126. The summed E-state index contributed by atoms with van der Waals surface area (Å²) in [5, 5.41) is 5.32. The molecule has 0 heterocycles. The molecule has 0 saturated carbocycles. The van der Waals surface area contributed by atoms with Gasteiger partial charge in [0.2, 0.25) is 11.8 Å². The average molecular weight is 300 g/mol. The topological polar surface area (TPSA) is 84.2 Å². The molecule has 0 atom stereocenters. The standard InChI is InChI=1S/C14H21N3O2.ClH/c15-9-4-7-13(18)17-11-14(19)16-10-8-12-5-2-1-3-6-12;/h1-3,5-6H,4,7-11,15H2,(H,16,19)(H,17,18);1H.